The minimum absolute atomic E-state index is 0.328. The normalized spacial score (nSPS) is 12.4. The molecule has 0 unspecified atom stereocenters. The molecule has 0 aliphatic heterocycles. The van der Waals surface area contributed by atoms with E-state index in [4.69, 9.17) is 16.2 Å². The number of nitrogens with two attached hydrogens (primary N) is 2. The Morgan fingerprint density at radius 3 is 2.77 bits per heavy atom. The number of hydrogen-bond donors (Lipinski definition) is 2. The molecular weight excluding hydrogens is 350 g/mol. The number of nitrogens with zero attached hydrogens (tertiary/aromatic N) is 3. The van der Waals surface area contributed by atoms with E-state index in [9.17, 15) is 4.79 Å². The van der Waals surface area contributed by atoms with Gasteiger partial charge in [-0.25, -0.2) is 9.97 Å². The van der Waals surface area contributed by atoms with E-state index in [0.717, 1.165) is 11.3 Å². The fourth-order valence-corrected chi connectivity index (χ4v) is 3.60. The van der Waals surface area contributed by atoms with Crippen molar-refractivity contribution in [2.45, 2.75) is 53.1 Å². The van der Waals surface area contributed by atoms with Gasteiger partial charge in [-0.15, -0.1) is 0 Å². The lowest BCUT2D eigenvalue weighted by Gasteiger charge is -2.12. The van der Waals surface area contributed by atoms with Crippen molar-refractivity contribution in [3.8, 4) is 0 Å². The van der Waals surface area contributed by atoms with Crippen LogP contribution < -0.4 is 16.0 Å². The highest BCUT2D eigenvalue weighted by Crippen LogP contribution is 2.14. The lowest BCUT2D eigenvalue weighted by Crippen LogP contribution is -2.36. The van der Waals surface area contributed by atoms with Crippen molar-refractivity contribution in [1.82, 2.24) is 9.97 Å². The number of anilines is 1. The SMILES string of the molecule is Cc1ncc(C[n+]2csc(CCOC(=O)[C@@H](N)CC(C)C)c2C)c(N)n1. The Hall–Kier alpha value is -2.06. The molecule has 4 N–H and O–H groups in total. The number of ether oxygens (including phenoxy) is 1. The molecule has 1 atom stereocenters. The first-order valence-electron chi connectivity index (χ1n) is 8.74. The molecule has 2 aromatic rings. The zero-order valence-corrected chi connectivity index (χ0v) is 16.7. The fraction of sp³-hybridized carbons (Fsp3) is 0.556. The zero-order chi connectivity index (χ0) is 19.3. The summed E-state index contributed by atoms with van der Waals surface area (Å²) in [7, 11) is 0. The Labute approximate surface area is 158 Å². The van der Waals surface area contributed by atoms with Gasteiger partial charge < -0.3 is 16.2 Å². The van der Waals surface area contributed by atoms with Gasteiger partial charge in [0.1, 0.15) is 17.7 Å². The fourth-order valence-electron chi connectivity index (χ4n) is 2.62. The van der Waals surface area contributed by atoms with Crippen molar-refractivity contribution in [1.29, 1.82) is 0 Å². The molecule has 0 aliphatic rings. The highest BCUT2D eigenvalue weighted by Gasteiger charge is 2.19. The third-order valence-electron chi connectivity index (χ3n) is 4.12. The number of thiazole rings is 1. The van der Waals surface area contributed by atoms with E-state index in [-0.39, 0.29) is 5.97 Å². The van der Waals surface area contributed by atoms with Crippen molar-refractivity contribution in [2.75, 3.05) is 12.3 Å². The van der Waals surface area contributed by atoms with Gasteiger partial charge in [0.05, 0.1) is 17.0 Å². The number of hydrogen-bond acceptors (Lipinski definition) is 7. The first kappa shape index (κ1) is 20.3. The molecule has 0 spiro atoms. The van der Waals surface area contributed by atoms with Crippen molar-refractivity contribution in [3.05, 3.63) is 33.7 Å². The number of aryl methyl sites for hydroxylation is 1. The number of aromatic nitrogens is 3. The third-order valence-corrected chi connectivity index (χ3v) is 5.26. The Morgan fingerprint density at radius 1 is 1.38 bits per heavy atom. The summed E-state index contributed by atoms with van der Waals surface area (Å²) >= 11 is 1.63. The zero-order valence-electron chi connectivity index (χ0n) is 15.9. The van der Waals surface area contributed by atoms with Gasteiger partial charge in [-0.1, -0.05) is 25.2 Å². The number of esters is 1. The van der Waals surface area contributed by atoms with Crippen molar-refractivity contribution in [2.24, 2.45) is 11.7 Å². The van der Waals surface area contributed by atoms with Crippen molar-refractivity contribution < 1.29 is 14.1 Å². The number of rotatable bonds is 8. The molecule has 0 amide bonds. The molecule has 8 heteroatoms. The van der Waals surface area contributed by atoms with Crippen LogP contribution in [0.3, 0.4) is 0 Å². The third kappa shape index (κ3) is 5.47. The molecule has 0 aliphatic carbocycles. The van der Waals surface area contributed by atoms with E-state index in [0.29, 0.717) is 43.6 Å². The number of carbonyl (C=O) groups is 1. The summed E-state index contributed by atoms with van der Waals surface area (Å²) in [6.07, 6.45) is 3.07. The standard InChI is InChI=1S/C18H28N5O2S/c1-11(2)7-15(19)18(24)25-6-5-16-12(3)23(10-26-16)9-14-8-21-13(4)22-17(14)20/h8,10-11,15H,5-7,9,19H2,1-4H3,(H2,20,21,22)/q+1/t15-/m0/s1. The van der Waals surface area contributed by atoms with Crippen LogP contribution in [-0.4, -0.2) is 28.6 Å². The summed E-state index contributed by atoms with van der Waals surface area (Å²) in [4.78, 5) is 21.5. The topological polar surface area (TPSA) is 108 Å². The maximum absolute atomic E-state index is 11.9. The maximum atomic E-state index is 11.9. The summed E-state index contributed by atoms with van der Waals surface area (Å²) in [6.45, 7) is 8.88. The van der Waals surface area contributed by atoms with Gasteiger partial charge in [0.2, 0.25) is 5.51 Å². The van der Waals surface area contributed by atoms with Crippen LogP contribution in [-0.2, 0) is 22.5 Å². The van der Waals surface area contributed by atoms with Crippen LogP contribution in [0.1, 0.15) is 42.2 Å². The molecule has 142 valence electrons. The van der Waals surface area contributed by atoms with Crippen molar-refractivity contribution >= 4 is 23.1 Å². The minimum Gasteiger partial charge on any atom is -0.464 e. The highest BCUT2D eigenvalue weighted by molar-refractivity contribution is 7.09. The quantitative estimate of drug-likeness (QED) is 0.533. The van der Waals surface area contributed by atoms with E-state index in [1.807, 2.05) is 33.2 Å². The van der Waals surface area contributed by atoms with E-state index in [1.54, 1.807) is 17.5 Å². The average Bonchev–Trinajstić information content (AvgIpc) is 2.90. The Bertz CT molecular complexity index is 760. The van der Waals surface area contributed by atoms with Gasteiger partial charge in [0, 0.05) is 19.5 Å². The summed E-state index contributed by atoms with van der Waals surface area (Å²) in [5.41, 5.74) is 15.9. The Kier molecular flexibility index (Phi) is 7.05. The van der Waals surface area contributed by atoms with Gasteiger partial charge in [-0.05, 0) is 19.3 Å². The second-order valence-corrected chi connectivity index (χ2v) is 7.78. The summed E-state index contributed by atoms with van der Waals surface area (Å²) in [6, 6.07) is -0.547. The molecule has 0 fully saturated rings. The molecule has 0 bridgehead atoms. The predicted octanol–water partition coefficient (Wildman–Crippen LogP) is 1.53. The molecule has 26 heavy (non-hydrogen) atoms. The Morgan fingerprint density at radius 2 is 2.12 bits per heavy atom. The van der Waals surface area contributed by atoms with Crippen molar-refractivity contribution in [3.63, 3.8) is 0 Å². The number of carbonyl (C=O) groups excluding carboxylic acids is 1. The molecule has 2 aromatic heterocycles. The van der Waals surface area contributed by atoms with E-state index in [2.05, 4.69) is 14.5 Å². The predicted molar refractivity (Wildman–Crippen MR) is 102 cm³/mol. The van der Waals surface area contributed by atoms with Crippen LogP contribution in [0.4, 0.5) is 5.82 Å². The molecule has 0 saturated heterocycles. The van der Waals surface area contributed by atoms with Crippen LogP contribution in [0.15, 0.2) is 11.7 Å². The second kappa shape index (κ2) is 9.05. The first-order valence-corrected chi connectivity index (χ1v) is 9.62. The van der Waals surface area contributed by atoms with E-state index >= 15 is 0 Å². The van der Waals surface area contributed by atoms with E-state index in [1.165, 1.54) is 4.88 Å². The molecular formula is C18H28N5O2S+. The lowest BCUT2D eigenvalue weighted by molar-refractivity contribution is -0.689. The molecule has 0 aromatic carbocycles. The van der Waals surface area contributed by atoms with E-state index < -0.39 is 6.04 Å². The largest absolute Gasteiger partial charge is 0.464 e. The lowest BCUT2D eigenvalue weighted by atomic mass is 10.1. The second-order valence-electron chi connectivity index (χ2n) is 6.84. The van der Waals surface area contributed by atoms with Crippen LogP contribution in [0.5, 0.6) is 0 Å². The van der Waals surface area contributed by atoms with Gasteiger partial charge >= 0.3 is 5.97 Å². The molecule has 2 rings (SSSR count). The molecule has 2 heterocycles. The molecule has 0 radical (unpaired) electrons. The Balaban J connectivity index is 1.91. The first-order chi connectivity index (χ1) is 12.3. The van der Waals surface area contributed by atoms with Gasteiger partial charge in [-0.3, -0.25) is 4.79 Å². The monoisotopic (exact) mass is 378 g/mol. The van der Waals surface area contributed by atoms with Gasteiger partial charge in [0.25, 0.3) is 0 Å². The van der Waals surface area contributed by atoms with Crippen LogP contribution in [0.25, 0.3) is 0 Å². The summed E-state index contributed by atoms with van der Waals surface area (Å²) < 4.78 is 7.42. The smallest absolute Gasteiger partial charge is 0.322 e. The summed E-state index contributed by atoms with van der Waals surface area (Å²) in [5.74, 6) is 1.21. The van der Waals surface area contributed by atoms with Gasteiger partial charge in [0.15, 0.2) is 12.2 Å². The van der Waals surface area contributed by atoms with Crippen LogP contribution >= 0.6 is 11.3 Å². The number of nitrogen functional groups attached to an aromatic ring is 1. The van der Waals surface area contributed by atoms with Gasteiger partial charge in [-0.2, -0.15) is 4.57 Å². The molecule has 7 nitrogen and oxygen atoms in total. The van der Waals surface area contributed by atoms with Crippen LogP contribution in [0.2, 0.25) is 0 Å². The van der Waals surface area contributed by atoms with Crippen LogP contribution in [0, 0.1) is 19.8 Å². The highest BCUT2D eigenvalue weighted by atomic mass is 32.1. The molecule has 0 saturated carbocycles. The average molecular weight is 379 g/mol. The summed E-state index contributed by atoms with van der Waals surface area (Å²) in [5, 5.41) is 0. The minimum atomic E-state index is -0.547. The maximum Gasteiger partial charge on any atom is 0.322 e.